The van der Waals surface area contributed by atoms with Crippen molar-refractivity contribution in [1.82, 2.24) is 14.9 Å². The van der Waals surface area contributed by atoms with E-state index in [0.717, 1.165) is 19.0 Å². The first-order valence-electron chi connectivity index (χ1n) is 6.13. The second-order valence-electron chi connectivity index (χ2n) is 4.31. The Morgan fingerprint density at radius 1 is 1.53 bits per heavy atom. The predicted octanol–water partition coefficient (Wildman–Crippen LogP) is 1.98. The Kier molecular flexibility index (Phi) is 3.78. The molecular formula is C12H21N3. The molecule has 1 aliphatic heterocycles. The molecule has 1 fully saturated rings. The second kappa shape index (κ2) is 5.31. The van der Waals surface area contributed by atoms with E-state index >= 15 is 0 Å². The van der Waals surface area contributed by atoms with Gasteiger partial charge in [0.25, 0.3) is 0 Å². The maximum atomic E-state index is 4.41. The van der Waals surface area contributed by atoms with Crippen molar-refractivity contribution in [3.8, 4) is 0 Å². The number of hydrogen-bond donors (Lipinski definition) is 1. The average Bonchev–Trinajstić information content (AvgIpc) is 2.75. The molecule has 1 atom stereocenters. The molecule has 0 saturated carbocycles. The van der Waals surface area contributed by atoms with Crippen LogP contribution in [0, 0.1) is 0 Å². The molecule has 1 unspecified atom stereocenters. The minimum atomic E-state index is 0.723. The Labute approximate surface area is 91.9 Å². The van der Waals surface area contributed by atoms with Crippen molar-refractivity contribution in [2.45, 2.75) is 51.6 Å². The Hall–Kier alpha value is -0.830. The Morgan fingerprint density at radius 2 is 2.47 bits per heavy atom. The highest BCUT2D eigenvalue weighted by molar-refractivity contribution is 4.93. The molecule has 1 aromatic rings. The van der Waals surface area contributed by atoms with E-state index in [1.54, 1.807) is 0 Å². The normalized spacial score (nSPS) is 21.8. The van der Waals surface area contributed by atoms with Crippen LogP contribution in [0.3, 0.4) is 0 Å². The first kappa shape index (κ1) is 10.7. The molecule has 0 radical (unpaired) electrons. The maximum absolute atomic E-state index is 4.41. The lowest BCUT2D eigenvalue weighted by molar-refractivity contribution is 0.379. The van der Waals surface area contributed by atoms with Crippen molar-refractivity contribution < 1.29 is 0 Å². The van der Waals surface area contributed by atoms with Gasteiger partial charge in [0.2, 0.25) is 0 Å². The van der Waals surface area contributed by atoms with Crippen LogP contribution < -0.4 is 5.32 Å². The second-order valence-corrected chi connectivity index (χ2v) is 4.31. The fraction of sp³-hybridized carbons (Fsp3) is 0.750. The smallest absolute Gasteiger partial charge is 0.108 e. The van der Waals surface area contributed by atoms with Crippen molar-refractivity contribution in [2.24, 2.45) is 0 Å². The van der Waals surface area contributed by atoms with Crippen LogP contribution in [-0.4, -0.2) is 22.1 Å². The Balaban J connectivity index is 1.81. The molecule has 3 heteroatoms. The third-order valence-corrected chi connectivity index (χ3v) is 3.27. The summed E-state index contributed by atoms with van der Waals surface area (Å²) in [5.41, 5.74) is 0. The summed E-state index contributed by atoms with van der Waals surface area (Å²) in [4.78, 5) is 4.41. The van der Waals surface area contributed by atoms with E-state index in [9.17, 15) is 0 Å². The third-order valence-electron chi connectivity index (χ3n) is 3.27. The van der Waals surface area contributed by atoms with Gasteiger partial charge in [-0.2, -0.15) is 0 Å². The molecule has 1 aliphatic rings. The van der Waals surface area contributed by atoms with Crippen LogP contribution in [-0.2, 0) is 13.0 Å². The van der Waals surface area contributed by atoms with Gasteiger partial charge in [-0.15, -0.1) is 0 Å². The molecule has 1 saturated heterocycles. The number of nitrogens with one attached hydrogen (secondary N) is 1. The summed E-state index contributed by atoms with van der Waals surface area (Å²) in [7, 11) is 0. The van der Waals surface area contributed by atoms with Gasteiger partial charge in [-0.05, 0) is 32.7 Å². The van der Waals surface area contributed by atoms with Crippen molar-refractivity contribution in [2.75, 3.05) is 6.54 Å². The van der Waals surface area contributed by atoms with Crippen LogP contribution >= 0.6 is 0 Å². The standard InChI is InChI=1S/C12H21N3/c1-2-15-10-9-14-12(15)7-6-11-5-3-4-8-13-11/h9-11,13H,2-8H2,1H3. The quantitative estimate of drug-likeness (QED) is 0.818. The summed E-state index contributed by atoms with van der Waals surface area (Å²) in [5, 5.41) is 3.58. The topological polar surface area (TPSA) is 29.9 Å². The lowest BCUT2D eigenvalue weighted by Crippen LogP contribution is -2.34. The molecule has 84 valence electrons. The van der Waals surface area contributed by atoms with Crippen LogP contribution in [0.25, 0.3) is 0 Å². The van der Waals surface area contributed by atoms with Gasteiger partial charge in [-0.3, -0.25) is 0 Å². The zero-order chi connectivity index (χ0) is 10.5. The van der Waals surface area contributed by atoms with E-state index in [2.05, 4.69) is 28.0 Å². The third kappa shape index (κ3) is 2.81. The van der Waals surface area contributed by atoms with Gasteiger partial charge >= 0.3 is 0 Å². The van der Waals surface area contributed by atoms with Crippen molar-refractivity contribution in [3.63, 3.8) is 0 Å². The van der Waals surface area contributed by atoms with E-state index in [-0.39, 0.29) is 0 Å². The minimum absolute atomic E-state index is 0.723. The molecule has 15 heavy (non-hydrogen) atoms. The molecule has 1 N–H and O–H groups in total. The molecule has 0 aromatic carbocycles. The van der Waals surface area contributed by atoms with Crippen LogP contribution in [0.15, 0.2) is 12.4 Å². The van der Waals surface area contributed by atoms with Crippen LogP contribution in [0.1, 0.15) is 38.4 Å². The Bertz CT molecular complexity index is 287. The van der Waals surface area contributed by atoms with E-state index in [1.165, 1.54) is 38.1 Å². The summed E-state index contributed by atoms with van der Waals surface area (Å²) in [6.07, 6.45) is 10.4. The van der Waals surface area contributed by atoms with Crippen molar-refractivity contribution in [1.29, 1.82) is 0 Å². The first-order chi connectivity index (χ1) is 7.40. The van der Waals surface area contributed by atoms with Gasteiger partial charge in [-0.25, -0.2) is 4.98 Å². The summed E-state index contributed by atoms with van der Waals surface area (Å²) in [6.45, 7) is 4.41. The SMILES string of the molecule is CCn1ccnc1CCC1CCCCN1. The lowest BCUT2D eigenvalue weighted by Gasteiger charge is -2.23. The minimum Gasteiger partial charge on any atom is -0.335 e. The van der Waals surface area contributed by atoms with Gasteiger partial charge in [-0.1, -0.05) is 6.42 Å². The number of aromatic nitrogens is 2. The molecule has 0 aliphatic carbocycles. The van der Waals surface area contributed by atoms with Gasteiger partial charge in [0.05, 0.1) is 0 Å². The Morgan fingerprint density at radius 3 is 3.20 bits per heavy atom. The van der Waals surface area contributed by atoms with Crippen LogP contribution in [0.2, 0.25) is 0 Å². The number of imidazole rings is 1. The average molecular weight is 207 g/mol. The van der Waals surface area contributed by atoms with Crippen molar-refractivity contribution in [3.05, 3.63) is 18.2 Å². The monoisotopic (exact) mass is 207 g/mol. The number of rotatable bonds is 4. The van der Waals surface area contributed by atoms with Gasteiger partial charge < -0.3 is 9.88 Å². The van der Waals surface area contributed by atoms with Crippen LogP contribution in [0.5, 0.6) is 0 Å². The molecule has 2 rings (SSSR count). The van der Waals surface area contributed by atoms with E-state index in [4.69, 9.17) is 0 Å². The molecule has 2 heterocycles. The molecule has 3 nitrogen and oxygen atoms in total. The van der Waals surface area contributed by atoms with E-state index in [0.29, 0.717) is 0 Å². The van der Waals surface area contributed by atoms with E-state index in [1.807, 2.05) is 6.20 Å². The number of piperidine rings is 1. The highest BCUT2D eigenvalue weighted by Crippen LogP contribution is 2.12. The number of aryl methyl sites for hydroxylation is 2. The lowest BCUT2D eigenvalue weighted by atomic mass is 10.0. The molecule has 0 bridgehead atoms. The largest absolute Gasteiger partial charge is 0.335 e. The first-order valence-corrected chi connectivity index (χ1v) is 6.13. The highest BCUT2D eigenvalue weighted by Gasteiger charge is 2.13. The summed E-state index contributed by atoms with van der Waals surface area (Å²) in [5.74, 6) is 1.24. The number of hydrogen-bond acceptors (Lipinski definition) is 2. The fourth-order valence-corrected chi connectivity index (χ4v) is 2.33. The molecule has 0 amide bonds. The fourth-order valence-electron chi connectivity index (χ4n) is 2.33. The van der Waals surface area contributed by atoms with Crippen molar-refractivity contribution >= 4 is 0 Å². The number of nitrogens with zero attached hydrogens (tertiary/aromatic N) is 2. The van der Waals surface area contributed by atoms with Gasteiger partial charge in [0, 0.05) is 31.4 Å². The van der Waals surface area contributed by atoms with Gasteiger partial charge in [0.15, 0.2) is 0 Å². The summed E-state index contributed by atoms with van der Waals surface area (Å²) >= 11 is 0. The summed E-state index contributed by atoms with van der Waals surface area (Å²) in [6, 6.07) is 0.723. The van der Waals surface area contributed by atoms with E-state index < -0.39 is 0 Å². The molecular weight excluding hydrogens is 186 g/mol. The summed E-state index contributed by atoms with van der Waals surface area (Å²) < 4.78 is 2.24. The zero-order valence-electron chi connectivity index (χ0n) is 9.58. The molecule has 1 aromatic heterocycles. The maximum Gasteiger partial charge on any atom is 0.108 e. The highest BCUT2D eigenvalue weighted by atomic mass is 15.1. The predicted molar refractivity (Wildman–Crippen MR) is 61.9 cm³/mol. The molecule has 0 spiro atoms. The van der Waals surface area contributed by atoms with Gasteiger partial charge in [0.1, 0.15) is 5.82 Å². The van der Waals surface area contributed by atoms with Crippen LogP contribution in [0.4, 0.5) is 0 Å². The zero-order valence-corrected chi connectivity index (χ0v) is 9.58.